The van der Waals surface area contributed by atoms with Crippen LogP contribution in [0.3, 0.4) is 0 Å². The van der Waals surface area contributed by atoms with Gasteiger partial charge in [0.25, 0.3) is 0 Å². The molecule has 2 aliphatic rings. The number of fused-ring (bicyclic) bond motifs is 2. The standard InChI is InChI=1S/C14H14N2O4/c1-17-13-8-3-5-18-12(8)11(7-2-4-19-14(7)13)9-6-10(15)20-16-9/h6H,2-5,15H2,1H3. The van der Waals surface area contributed by atoms with Crippen LogP contribution >= 0.6 is 0 Å². The molecule has 104 valence electrons. The van der Waals surface area contributed by atoms with Gasteiger partial charge in [-0.15, -0.1) is 0 Å². The molecule has 0 radical (unpaired) electrons. The Labute approximate surface area is 115 Å². The molecule has 4 rings (SSSR count). The number of nitrogens with two attached hydrogens (primary N) is 1. The van der Waals surface area contributed by atoms with E-state index in [1.165, 1.54) is 0 Å². The number of anilines is 1. The summed E-state index contributed by atoms with van der Waals surface area (Å²) in [5.41, 5.74) is 9.33. The van der Waals surface area contributed by atoms with Gasteiger partial charge >= 0.3 is 0 Å². The van der Waals surface area contributed by atoms with Crippen LogP contribution in [0.5, 0.6) is 17.2 Å². The molecule has 0 atom stereocenters. The normalized spacial score (nSPS) is 15.4. The molecule has 0 saturated carbocycles. The van der Waals surface area contributed by atoms with E-state index in [0.717, 1.165) is 46.8 Å². The van der Waals surface area contributed by atoms with Gasteiger partial charge in [0, 0.05) is 30.0 Å². The summed E-state index contributed by atoms with van der Waals surface area (Å²) in [7, 11) is 1.66. The molecule has 6 heteroatoms. The average Bonchev–Trinajstić information content (AvgIpc) is 3.15. The number of hydrogen-bond donors (Lipinski definition) is 1. The SMILES string of the molecule is COc1c2c(c(-c3cc(N)on3)c3c1OCC3)OCC2. The zero-order valence-electron chi connectivity index (χ0n) is 11.1. The minimum absolute atomic E-state index is 0.287. The molecule has 2 aromatic rings. The molecule has 0 unspecified atom stereocenters. The van der Waals surface area contributed by atoms with E-state index in [9.17, 15) is 0 Å². The van der Waals surface area contributed by atoms with Crippen molar-refractivity contribution >= 4 is 5.88 Å². The Morgan fingerprint density at radius 3 is 2.60 bits per heavy atom. The van der Waals surface area contributed by atoms with Crippen molar-refractivity contribution in [1.29, 1.82) is 0 Å². The molecule has 2 N–H and O–H groups in total. The molecular weight excluding hydrogens is 260 g/mol. The zero-order chi connectivity index (χ0) is 13.7. The second-order valence-electron chi connectivity index (χ2n) is 4.84. The van der Waals surface area contributed by atoms with Gasteiger partial charge in [0.2, 0.25) is 5.88 Å². The monoisotopic (exact) mass is 274 g/mol. The lowest BCUT2D eigenvalue weighted by molar-refractivity contribution is 0.324. The van der Waals surface area contributed by atoms with Crippen LogP contribution < -0.4 is 19.9 Å². The largest absolute Gasteiger partial charge is 0.492 e. The summed E-state index contributed by atoms with van der Waals surface area (Å²) in [5, 5.41) is 4.02. The fourth-order valence-corrected chi connectivity index (χ4v) is 2.96. The molecule has 0 fully saturated rings. The molecule has 3 heterocycles. The Balaban J connectivity index is 2.04. The van der Waals surface area contributed by atoms with Crippen molar-refractivity contribution in [3.05, 3.63) is 17.2 Å². The number of hydrogen-bond acceptors (Lipinski definition) is 6. The maximum Gasteiger partial charge on any atom is 0.222 e. The highest BCUT2D eigenvalue weighted by Crippen LogP contribution is 2.52. The molecule has 0 aliphatic carbocycles. The van der Waals surface area contributed by atoms with E-state index in [2.05, 4.69) is 5.16 Å². The van der Waals surface area contributed by atoms with E-state index in [1.807, 2.05) is 0 Å². The van der Waals surface area contributed by atoms with Gasteiger partial charge in [0.15, 0.2) is 11.5 Å². The van der Waals surface area contributed by atoms with Crippen molar-refractivity contribution in [2.45, 2.75) is 12.8 Å². The van der Waals surface area contributed by atoms with Crippen LogP contribution in [0, 0.1) is 0 Å². The zero-order valence-corrected chi connectivity index (χ0v) is 11.1. The van der Waals surface area contributed by atoms with Gasteiger partial charge in [0.1, 0.15) is 11.4 Å². The smallest absolute Gasteiger partial charge is 0.222 e. The highest BCUT2D eigenvalue weighted by Gasteiger charge is 2.33. The Morgan fingerprint density at radius 1 is 1.15 bits per heavy atom. The number of ether oxygens (including phenoxy) is 3. The third-order valence-electron chi connectivity index (χ3n) is 3.74. The Bertz CT molecular complexity index is 658. The highest BCUT2D eigenvalue weighted by atomic mass is 16.5. The predicted molar refractivity (Wildman–Crippen MR) is 71.3 cm³/mol. The van der Waals surface area contributed by atoms with Crippen LogP contribution in [-0.4, -0.2) is 25.5 Å². The molecule has 0 bridgehead atoms. The van der Waals surface area contributed by atoms with Gasteiger partial charge in [-0.2, -0.15) is 0 Å². The van der Waals surface area contributed by atoms with Gasteiger partial charge in [-0.3, -0.25) is 0 Å². The third-order valence-corrected chi connectivity index (χ3v) is 3.74. The van der Waals surface area contributed by atoms with E-state index >= 15 is 0 Å². The fraction of sp³-hybridized carbons (Fsp3) is 0.357. The van der Waals surface area contributed by atoms with Gasteiger partial charge in [-0.05, 0) is 0 Å². The Kier molecular flexibility index (Phi) is 2.33. The number of nitrogen functional groups attached to an aromatic ring is 1. The Hall–Kier alpha value is -2.37. The highest BCUT2D eigenvalue weighted by molar-refractivity contribution is 5.81. The van der Waals surface area contributed by atoms with Crippen molar-refractivity contribution in [2.75, 3.05) is 26.1 Å². The molecule has 0 spiro atoms. The topological polar surface area (TPSA) is 79.7 Å². The maximum atomic E-state index is 5.80. The molecule has 1 aromatic heterocycles. The number of aromatic nitrogens is 1. The molecule has 20 heavy (non-hydrogen) atoms. The average molecular weight is 274 g/mol. The maximum absolute atomic E-state index is 5.80. The van der Waals surface area contributed by atoms with Gasteiger partial charge in [0.05, 0.1) is 25.9 Å². The van der Waals surface area contributed by atoms with Gasteiger partial charge in [-0.1, -0.05) is 5.16 Å². The molecular formula is C14H14N2O4. The van der Waals surface area contributed by atoms with Crippen molar-refractivity contribution in [1.82, 2.24) is 5.16 Å². The first kappa shape index (κ1) is 11.5. The molecule has 2 aliphatic heterocycles. The number of benzene rings is 1. The number of methoxy groups -OCH3 is 1. The summed E-state index contributed by atoms with van der Waals surface area (Å²) < 4.78 is 22.1. The number of nitrogens with zero attached hydrogens (tertiary/aromatic N) is 1. The van der Waals surface area contributed by atoms with E-state index in [-0.39, 0.29) is 5.88 Å². The van der Waals surface area contributed by atoms with Crippen molar-refractivity contribution < 1.29 is 18.7 Å². The minimum Gasteiger partial charge on any atom is -0.492 e. The molecule has 0 amide bonds. The van der Waals surface area contributed by atoms with Crippen LogP contribution in [0.25, 0.3) is 11.3 Å². The first-order valence-electron chi connectivity index (χ1n) is 6.53. The fourth-order valence-electron chi connectivity index (χ4n) is 2.96. The van der Waals surface area contributed by atoms with Crippen LogP contribution in [0.15, 0.2) is 10.6 Å². The minimum atomic E-state index is 0.287. The third kappa shape index (κ3) is 1.41. The lowest BCUT2D eigenvalue weighted by atomic mass is 9.96. The van der Waals surface area contributed by atoms with Crippen molar-refractivity contribution in [2.24, 2.45) is 0 Å². The number of rotatable bonds is 2. The summed E-state index contributed by atoms with van der Waals surface area (Å²) in [5.74, 6) is 2.69. The summed E-state index contributed by atoms with van der Waals surface area (Å²) in [6.07, 6.45) is 1.60. The van der Waals surface area contributed by atoms with Crippen LogP contribution in [0.2, 0.25) is 0 Å². The van der Waals surface area contributed by atoms with Crippen LogP contribution in [-0.2, 0) is 12.8 Å². The van der Waals surface area contributed by atoms with Gasteiger partial charge < -0.3 is 24.5 Å². The molecule has 0 saturated heterocycles. The second kappa shape index (κ2) is 4.06. The predicted octanol–water partition coefficient (Wildman–Crippen LogP) is 1.80. The summed E-state index contributed by atoms with van der Waals surface area (Å²) in [4.78, 5) is 0. The van der Waals surface area contributed by atoms with E-state index in [4.69, 9.17) is 24.5 Å². The van der Waals surface area contributed by atoms with E-state index in [0.29, 0.717) is 18.9 Å². The first-order valence-corrected chi connectivity index (χ1v) is 6.53. The Morgan fingerprint density at radius 2 is 1.90 bits per heavy atom. The van der Waals surface area contributed by atoms with Crippen molar-refractivity contribution in [3.63, 3.8) is 0 Å². The first-order chi connectivity index (χ1) is 9.79. The molecule has 6 nitrogen and oxygen atoms in total. The molecule has 1 aromatic carbocycles. The summed E-state index contributed by atoms with van der Waals surface area (Å²) in [6.45, 7) is 1.27. The van der Waals surface area contributed by atoms with E-state index < -0.39 is 0 Å². The second-order valence-corrected chi connectivity index (χ2v) is 4.84. The van der Waals surface area contributed by atoms with Crippen LogP contribution in [0.4, 0.5) is 5.88 Å². The summed E-state index contributed by atoms with van der Waals surface area (Å²) in [6, 6.07) is 1.71. The lowest BCUT2D eigenvalue weighted by Crippen LogP contribution is -1.96. The quantitative estimate of drug-likeness (QED) is 0.899. The van der Waals surface area contributed by atoms with Crippen LogP contribution in [0.1, 0.15) is 11.1 Å². The van der Waals surface area contributed by atoms with Gasteiger partial charge in [-0.25, -0.2) is 0 Å². The van der Waals surface area contributed by atoms with E-state index in [1.54, 1.807) is 13.2 Å². The summed E-state index contributed by atoms with van der Waals surface area (Å²) >= 11 is 0. The van der Waals surface area contributed by atoms with Crippen molar-refractivity contribution in [3.8, 4) is 28.5 Å². The lowest BCUT2D eigenvalue weighted by Gasteiger charge is -2.15.